The Hall–Kier alpha value is -2.67. The maximum atomic E-state index is 13.5. The Bertz CT molecular complexity index is 1070. The molecular weight excluding hydrogens is 450 g/mol. The van der Waals surface area contributed by atoms with Crippen molar-refractivity contribution in [3.63, 3.8) is 0 Å². The highest BCUT2D eigenvalue weighted by atomic mass is 16.2. The minimum atomic E-state index is -0.718. The molecule has 1 N–H and O–H groups in total. The van der Waals surface area contributed by atoms with Crippen LogP contribution >= 0.6 is 0 Å². The molecule has 7 nitrogen and oxygen atoms in total. The summed E-state index contributed by atoms with van der Waals surface area (Å²) in [6.45, 7) is 17.6. The normalized spacial score (nSPS) is 22.5. The van der Waals surface area contributed by atoms with Gasteiger partial charge in [0.1, 0.15) is 11.6 Å². The minimum Gasteiger partial charge on any atom is -0.342 e. The highest BCUT2D eigenvalue weighted by Crippen LogP contribution is 2.35. The molecule has 0 saturated carbocycles. The van der Waals surface area contributed by atoms with E-state index in [9.17, 15) is 9.59 Å². The second-order valence-electron chi connectivity index (χ2n) is 11.2. The quantitative estimate of drug-likeness (QED) is 0.584. The van der Waals surface area contributed by atoms with Crippen LogP contribution in [0.5, 0.6) is 0 Å². The fourth-order valence-corrected chi connectivity index (χ4v) is 5.84. The van der Waals surface area contributed by atoms with Crippen molar-refractivity contribution < 1.29 is 9.59 Å². The lowest BCUT2D eigenvalue weighted by Gasteiger charge is -2.52. The predicted octanol–water partition coefficient (Wildman–Crippen LogP) is 4.36. The zero-order valence-electron chi connectivity index (χ0n) is 22.8. The lowest BCUT2D eigenvalue weighted by molar-refractivity contribution is -0.161. The van der Waals surface area contributed by atoms with Crippen molar-refractivity contribution in [2.45, 2.75) is 91.3 Å². The molecule has 3 heterocycles. The van der Waals surface area contributed by atoms with E-state index in [0.717, 1.165) is 61.6 Å². The summed E-state index contributed by atoms with van der Waals surface area (Å²) in [6.07, 6.45) is 11.1. The number of carbonyl (C=O) groups excluding carboxylic acids is 2. The molecule has 7 heteroatoms. The fourth-order valence-electron chi connectivity index (χ4n) is 5.84. The molecule has 2 amide bonds. The summed E-state index contributed by atoms with van der Waals surface area (Å²) >= 11 is 0. The third kappa shape index (κ3) is 5.08. The summed E-state index contributed by atoms with van der Waals surface area (Å²) in [5, 5.41) is 7.94. The van der Waals surface area contributed by atoms with E-state index in [-0.39, 0.29) is 11.8 Å². The van der Waals surface area contributed by atoms with E-state index in [2.05, 4.69) is 69.6 Å². The Kier molecular flexibility index (Phi) is 7.88. The summed E-state index contributed by atoms with van der Waals surface area (Å²) in [6, 6.07) is -0.394. The van der Waals surface area contributed by atoms with Crippen LogP contribution in [0.3, 0.4) is 0 Å². The Balaban J connectivity index is 1.48. The molecule has 1 aromatic rings. The van der Waals surface area contributed by atoms with Gasteiger partial charge in [0, 0.05) is 37.4 Å². The molecule has 196 valence electrons. The van der Waals surface area contributed by atoms with E-state index in [4.69, 9.17) is 5.10 Å². The maximum Gasteiger partial charge on any atom is 0.246 e. The summed E-state index contributed by atoms with van der Waals surface area (Å²) in [4.78, 5) is 31.4. The summed E-state index contributed by atoms with van der Waals surface area (Å²) < 4.78 is 2.04. The third-order valence-corrected chi connectivity index (χ3v) is 8.07. The molecule has 4 rings (SSSR count). The zero-order chi connectivity index (χ0) is 26.0. The fraction of sp³-hybridized carbons (Fsp3) is 0.621. The molecule has 2 fully saturated rings. The lowest BCUT2D eigenvalue weighted by atomic mass is 9.80. The number of hydrogen-bond acceptors (Lipinski definition) is 4. The first kappa shape index (κ1) is 26.4. The van der Waals surface area contributed by atoms with Gasteiger partial charge in [-0.1, -0.05) is 51.5 Å². The Morgan fingerprint density at radius 1 is 1.19 bits per heavy atom. The van der Waals surface area contributed by atoms with Gasteiger partial charge < -0.3 is 10.2 Å². The van der Waals surface area contributed by atoms with Crippen LogP contribution in [-0.4, -0.2) is 62.6 Å². The smallest absolute Gasteiger partial charge is 0.246 e. The summed E-state index contributed by atoms with van der Waals surface area (Å²) in [5.41, 5.74) is 4.92. The first-order valence-corrected chi connectivity index (χ1v) is 13.6. The number of aromatic nitrogens is 2. The van der Waals surface area contributed by atoms with Crippen molar-refractivity contribution in [2.24, 2.45) is 5.92 Å². The van der Waals surface area contributed by atoms with Crippen LogP contribution in [0.4, 0.5) is 0 Å². The van der Waals surface area contributed by atoms with E-state index < -0.39 is 11.6 Å². The monoisotopic (exact) mass is 493 g/mol. The largest absolute Gasteiger partial charge is 0.342 e. The number of hydrogen-bond donors (Lipinski definition) is 1. The average molecular weight is 494 g/mol. The standard InChI is InChI=1S/C29H43N5O2/c1-7-8-15-33-27(35)26(18-20(2)3)30-28(36)29(33)13-16-32(17-14-29)19-25-22(5)31-34(23(25)6)24-11-9-21(4)10-12-24/h9,11-12,20,26H,4,7-8,10,13-19H2,1-3,5-6H3,(H,30,36). The first-order chi connectivity index (χ1) is 17.2. The summed E-state index contributed by atoms with van der Waals surface area (Å²) in [7, 11) is 0. The van der Waals surface area contributed by atoms with E-state index in [1.807, 2.05) is 9.58 Å². The van der Waals surface area contributed by atoms with Crippen LogP contribution in [0.15, 0.2) is 30.4 Å². The number of allylic oxidation sites excluding steroid dienone is 5. The molecule has 1 aromatic heterocycles. The van der Waals surface area contributed by atoms with Crippen molar-refractivity contribution in [1.29, 1.82) is 0 Å². The Morgan fingerprint density at radius 2 is 1.92 bits per heavy atom. The Labute approximate surface area is 216 Å². The van der Waals surface area contributed by atoms with Gasteiger partial charge in [-0.05, 0) is 57.9 Å². The molecule has 2 saturated heterocycles. The van der Waals surface area contributed by atoms with Crippen molar-refractivity contribution in [2.75, 3.05) is 19.6 Å². The highest BCUT2D eigenvalue weighted by molar-refractivity contribution is 6.00. The molecular formula is C29H43N5O2. The average Bonchev–Trinajstić information content (AvgIpc) is 3.12. The molecule has 2 aliphatic heterocycles. The number of piperazine rings is 1. The number of amides is 2. The number of likely N-dealkylation sites (tertiary alicyclic amines) is 1. The van der Waals surface area contributed by atoms with Crippen LogP contribution in [0.1, 0.15) is 76.2 Å². The van der Waals surface area contributed by atoms with E-state index in [0.29, 0.717) is 31.7 Å². The molecule has 1 unspecified atom stereocenters. The number of piperidine rings is 1. The molecule has 0 radical (unpaired) electrons. The number of nitrogens with one attached hydrogen (secondary N) is 1. The van der Waals surface area contributed by atoms with Gasteiger partial charge in [-0.3, -0.25) is 14.5 Å². The van der Waals surface area contributed by atoms with Crippen LogP contribution in [0.2, 0.25) is 0 Å². The summed E-state index contributed by atoms with van der Waals surface area (Å²) in [5.74, 6) is 0.505. The van der Waals surface area contributed by atoms with Gasteiger partial charge in [0.25, 0.3) is 0 Å². The molecule has 1 atom stereocenters. The van der Waals surface area contributed by atoms with E-state index in [1.54, 1.807) is 0 Å². The first-order valence-electron chi connectivity index (χ1n) is 13.6. The predicted molar refractivity (Wildman–Crippen MR) is 144 cm³/mol. The number of nitrogens with zero attached hydrogens (tertiary/aromatic N) is 4. The van der Waals surface area contributed by atoms with Gasteiger partial charge in [0.2, 0.25) is 11.8 Å². The maximum absolute atomic E-state index is 13.5. The van der Waals surface area contributed by atoms with Crippen LogP contribution in [-0.2, 0) is 16.1 Å². The lowest BCUT2D eigenvalue weighted by Crippen LogP contribution is -2.73. The van der Waals surface area contributed by atoms with Crippen LogP contribution in [0.25, 0.3) is 5.70 Å². The molecule has 0 bridgehead atoms. The molecule has 1 aliphatic carbocycles. The molecule has 0 aromatic carbocycles. The van der Waals surface area contributed by atoms with Crippen LogP contribution < -0.4 is 5.32 Å². The van der Waals surface area contributed by atoms with Crippen LogP contribution in [0, 0.1) is 19.8 Å². The molecule has 3 aliphatic rings. The van der Waals surface area contributed by atoms with Gasteiger partial charge in [-0.25, -0.2) is 4.68 Å². The second kappa shape index (κ2) is 10.8. The van der Waals surface area contributed by atoms with Crippen molar-refractivity contribution >= 4 is 17.5 Å². The second-order valence-corrected chi connectivity index (χ2v) is 11.2. The number of aryl methyl sites for hydroxylation is 1. The van der Waals surface area contributed by atoms with Gasteiger partial charge >= 0.3 is 0 Å². The van der Waals surface area contributed by atoms with Gasteiger partial charge in [0.05, 0.1) is 11.4 Å². The highest BCUT2D eigenvalue weighted by Gasteiger charge is 2.53. The minimum absolute atomic E-state index is 0.0429. The molecule has 36 heavy (non-hydrogen) atoms. The van der Waals surface area contributed by atoms with Crippen molar-refractivity contribution in [3.8, 4) is 0 Å². The zero-order valence-corrected chi connectivity index (χ0v) is 22.8. The van der Waals surface area contributed by atoms with Gasteiger partial charge in [-0.15, -0.1) is 0 Å². The SMILES string of the molecule is C=C1C=CC(n2nc(C)c(CN3CCC4(CC3)C(=O)NC(CC(C)C)C(=O)N4CCCC)c2C)=CC1. The van der Waals surface area contributed by atoms with E-state index >= 15 is 0 Å². The van der Waals surface area contributed by atoms with Gasteiger partial charge in [0.15, 0.2) is 0 Å². The number of rotatable bonds is 8. The topological polar surface area (TPSA) is 70.5 Å². The Morgan fingerprint density at radius 3 is 2.53 bits per heavy atom. The van der Waals surface area contributed by atoms with Crippen molar-refractivity contribution in [1.82, 2.24) is 24.9 Å². The number of carbonyl (C=O) groups is 2. The third-order valence-electron chi connectivity index (χ3n) is 8.07. The molecule has 1 spiro atoms. The van der Waals surface area contributed by atoms with E-state index in [1.165, 1.54) is 5.56 Å². The number of unbranched alkanes of at least 4 members (excludes halogenated alkanes) is 1. The van der Waals surface area contributed by atoms with Gasteiger partial charge in [-0.2, -0.15) is 5.10 Å². The van der Waals surface area contributed by atoms with Crippen molar-refractivity contribution in [3.05, 3.63) is 47.3 Å².